The molecule has 0 aliphatic heterocycles. The minimum Gasteiger partial charge on any atom is -0.357 e. The highest BCUT2D eigenvalue weighted by molar-refractivity contribution is 7.98. The number of likely N-dealkylation sites (N-methyl/N-ethyl adjacent to an activating group) is 1. The van der Waals surface area contributed by atoms with E-state index in [1.807, 2.05) is 48.9 Å². The van der Waals surface area contributed by atoms with Crippen LogP contribution < -0.4 is 0 Å². The third-order valence-corrected chi connectivity index (χ3v) is 3.68. The first-order valence-electron chi connectivity index (χ1n) is 5.89. The summed E-state index contributed by atoms with van der Waals surface area (Å²) in [7, 11) is 3.95. The fraction of sp³-hybridized carbons (Fsp3) is 0.615. The smallest absolute Gasteiger partial charge is 0.178 e. The Morgan fingerprint density at radius 3 is 2.82 bits per heavy atom. The molecule has 1 atom stereocenters. The molecule has 0 bridgehead atoms. The molecule has 96 valence electrons. The molecule has 1 unspecified atom stereocenters. The number of aromatic nitrogens is 1. The van der Waals surface area contributed by atoms with Gasteiger partial charge in [0.2, 0.25) is 0 Å². The van der Waals surface area contributed by atoms with Crippen molar-refractivity contribution in [2.75, 3.05) is 25.6 Å². The van der Waals surface area contributed by atoms with Gasteiger partial charge in [0.25, 0.3) is 0 Å². The molecule has 1 heterocycles. The third-order valence-electron chi connectivity index (χ3n) is 3.04. The van der Waals surface area contributed by atoms with Gasteiger partial charge in [-0.25, -0.2) is 0 Å². The van der Waals surface area contributed by atoms with Crippen LogP contribution in [-0.2, 0) is 7.05 Å². The number of carbonyl (C=O) groups is 1. The van der Waals surface area contributed by atoms with Gasteiger partial charge in [-0.05, 0) is 38.5 Å². The minimum absolute atomic E-state index is 0.198. The van der Waals surface area contributed by atoms with Crippen LogP contribution in [0.1, 0.15) is 23.7 Å². The van der Waals surface area contributed by atoms with E-state index in [-0.39, 0.29) is 5.78 Å². The standard InChI is InChI=1S/C13H22N2OS/c1-11(6-8-17-4)15(3)10-13(16)12-5-7-14(2)9-12/h5,7,9,11H,6,8,10H2,1-4H3. The maximum Gasteiger partial charge on any atom is 0.178 e. The van der Waals surface area contributed by atoms with E-state index in [1.54, 1.807) is 0 Å². The molecule has 3 nitrogen and oxygen atoms in total. The highest BCUT2D eigenvalue weighted by Crippen LogP contribution is 2.08. The molecule has 1 aromatic heterocycles. The number of thioether (sulfide) groups is 1. The summed E-state index contributed by atoms with van der Waals surface area (Å²) in [6, 6.07) is 2.33. The summed E-state index contributed by atoms with van der Waals surface area (Å²) in [5.41, 5.74) is 0.802. The molecule has 1 rings (SSSR count). The van der Waals surface area contributed by atoms with Crippen molar-refractivity contribution in [2.24, 2.45) is 7.05 Å². The van der Waals surface area contributed by atoms with E-state index >= 15 is 0 Å². The minimum atomic E-state index is 0.198. The maximum absolute atomic E-state index is 12.0. The summed E-state index contributed by atoms with van der Waals surface area (Å²) in [5.74, 6) is 1.34. The van der Waals surface area contributed by atoms with Gasteiger partial charge in [0.15, 0.2) is 5.78 Å². The topological polar surface area (TPSA) is 25.2 Å². The van der Waals surface area contributed by atoms with Gasteiger partial charge in [-0.1, -0.05) is 0 Å². The van der Waals surface area contributed by atoms with Gasteiger partial charge in [-0.3, -0.25) is 9.69 Å². The first kappa shape index (κ1) is 14.3. The Kier molecular flexibility index (Phi) is 5.78. The number of hydrogen-bond donors (Lipinski definition) is 0. The fourth-order valence-electron chi connectivity index (χ4n) is 1.65. The van der Waals surface area contributed by atoms with E-state index in [0.29, 0.717) is 12.6 Å². The fourth-order valence-corrected chi connectivity index (χ4v) is 2.23. The summed E-state index contributed by atoms with van der Waals surface area (Å²) < 4.78 is 1.91. The lowest BCUT2D eigenvalue weighted by Crippen LogP contribution is -2.34. The van der Waals surface area contributed by atoms with E-state index in [0.717, 1.165) is 17.7 Å². The molecule has 0 N–H and O–H groups in total. The third kappa shape index (κ3) is 4.56. The van der Waals surface area contributed by atoms with E-state index in [1.165, 1.54) is 0 Å². The van der Waals surface area contributed by atoms with Gasteiger partial charge < -0.3 is 4.57 Å². The van der Waals surface area contributed by atoms with E-state index < -0.39 is 0 Å². The predicted octanol–water partition coefficient (Wildman–Crippen LogP) is 2.28. The quantitative estimate of drug-likeness (QED) is 0.698. The SMILES string of the molecule is CSCCC(C)N(C)CC(=O)c1ccn(C)c1. The number of rotatable bonds is 7. The largest absolute Gasteiger partial charge is 0.357 e. The van der Waals surface area contributed by atoms with Crippen LogP contribution in [0, 0.1) is 0 Å². The van der Waals surface area contributed by atoms with Crippen LogP contribution in [0.15, 0.2) is 18.5 Å². The lowest BCUT2D eigenvalue weighted by Gasteiger charge is -2.23. The number of nitrogens with zero attached hydrogens (tertiary/aromatic N) is 2. The molecule has 4 heteroatoms. The van der Waals surface area contributed by atoms with Gasteiger partial charge in [0.1, 0.15) is 0 Å². The van der Waals surface area contributed by atoms with E-state index in [9.17, 15) is 4.79 Å². The molecule has 17 heavy (non-hydrogen) atoms. The molecule has 0 aliphatic rings. The summed E-state index contributed by atoms with van der Waals surface area (Å²) in [5, 5.41) is 0. The van der Waals surface area contributed by atoms with Crippen molar-refractivity contribution in [1.82, 2.24) is 9.47 Å². The lowest BCUT2D eigenvalue weighted by atomic mass is 10.2. The zero-order valence-electron chi connectivity index (χ0n) is 11.1. The molecular formula is C13H22N2OS. The second-order valence-corrected chi connectivity index (χ2v) is 5.52. The number of aryl methyl sites for hydroxylation is 1. The van der Waals surface area contributed by atoms with Gasteiger partial charge >= 0.3 is 0 Å². The maximum atomic E-state index is 12.0. The summed E-state index contributed by atoms with van der Waals surface area (Å²) in [6.07, 6.45) is 7.02. The number of ketones is 1. The molecule has 0 aliphatic carbocycles. The average Bonchev–Trinajstić information content (AvgIpc) is 2.72. The molecule has 1 aromatic rings. The zero-order valence-corrected chi connectivity index (χ0v) is 12.0. The molecule has 0 fully saturated rings. The van der Waals surface area contributed by atoms with Crippen LogP contribution in [0.4, 0.5) is 0 Å². The lowest BCUT2D eigenvalue weighted by molar-refractivity contribution is 0.0923. The Morgan fingerprint density at radius 1 is 1.59 bits per heavy atom. The van der Waals surface area contributed by atoms with Gasteiger partial charge in [-0.2, -0.15) is 11.8 Å². The van der Waals surface area contributed by atoms with Crippen LogP contribution >= 0.6 is 11.8 Å². The van der Waals surface area contributed by atoms with Crippen LogP contribution in [0.5, 0.6) is 0 Å². The van der Waals surface area contributed by atoms with Crippen LogP contribution in [-0.4, -0.2) is 46.9 Å². The predicted molar refractivity (Wildman–Crippen MR) is 74.8 cm³/mol. The summed E-state index contributed by atoms with van der Waals surface area (Å²) in [4.78, 5) is 14.1. The normalized spacial score (nSPS) is 13.0. The average molecular weight is 254 g/mol. The van der Waals surface area contributed by atoms with Crippen molar-refractivity contribution >= 4 is 17.5 Å². The summed E-state index contributed by atoms with van der Waals surface area (Å²) >= 11 is 1.85. The monoisotopic (exact) mass is 254 g/mol. The highest BCUT2D eigenvalue weighted by atomic mass is 32.2. The molecule has 0 spiro atoms. The number of Topliss-reactive ketones (excluding diaryl/α,β-unsaturated/α-hetero) is 1. The first-order chi connectivity index (χ1) is 8.04. The van der Waals surface area contributed by atoms with Crippen LogP contribution in [0.25, 0.3) is 0 Å². The Labute approximate surface area is 108 Å². The van der Waals surface area contributed by atoms with Crippen molar-refractivity contribution < 1.29 is 4.79 Å². The molecule has 0 amide bonds. The Bertz CT molecular complexity index is 362. The molecular weight excluding hydrogens is 232 g/mol. The Morgan fingerprint density at radius 2 is 2.29 bits per heavy atom. The zero-order chi connectivity index (χ0) is 12.8. The van der Waals surface area contributed by atoms with Crippen molar-refractivity contribution in [3.05, 3.63) is 24.0 Å². The molecule has 0 aromatic carbocycles. The summed E-state index contributed by atoms with van der Waals surface area (Å²) in [6.45, 7) is 2.67. The van der Waals surface area contributed by atoms with Crippen molar-refractivity contribution in [3.8, 4) is 0 Å². The van der Waals surface area contributed by atoms with E-state index in [2.05, 4.69) is 18.1 Å². The van der Waals surface area contributed by atoms with Crippen LogP contribution in [0.3, 0.4) is 0 Å². The highest BCUT2D eigenvalue weighted by Gasteiger charge is 2.14. The van der Waals surface area contributed by atoms with Gasteiger partial charge in [-0.15, -0.1) is 0 Å². The molecule has 0 saturated heterocycles. The number of hydrogen-bond acceptors (Lipinski definition) is 3. The van der Waals surface area contributed by atoms with Crippen LogP contribution in [0.2, 0.25) is 0 Å². The van der Waals surface area contributed by atoms with E-state index in [4.69, 9.17) is 0 Å². The van der Waals surface area contributed by atoms with Gasteiger partial charge in [0, 0.05) is 31.0 Å². The second-order valence-electron chi connectivity index (χ2n) is 4.53. The second kappa shape index (κ2) is 6.87. The molecule has 0 saturated carbocycles. The van der Waals surface area contributed by atoms with Gasteiger partial charge in [0.05, 0.1) is 6.54 Å². The van der Waals surface area contributed by atoms with Crippen molar-refractivity contribution in [1.29, 1.82) is 0 Å². The number of carbonyl (C=O) groups excluding carboxylic acids is 1. The molecule has 0 radical (unpaired) electrons. The van der Waals surface area contributed by atoms with Crippen molar-refractivity contribution in [2.45, 2.75) is 19.4 Å². The first-order valence-corrected chi connectivity index (χ1v) is 7.28. The Balaban J connectivity index is 2.45. The van der Waals surface area contributed by atoms with Crippen molar-refractivity contribution in [3.63, 3.8) is 0 Å². The Hall–Kier alpha value is -0.740.